The second-order valence-electron chi connectivity index (χ2n) is 6.12. The molecule has 3 rings (SSSR count). The van der Waals surface area contributed by atoms with Crippen molar-refractivity contribution in [2.75, 3.05) is 14.1 Å². The summed E-state index contributed by atoms with van der Waals surface area (Å²) < 4.78 is 0. The van der Waals surface area contributed by atoms with Gasteiger partial charge in [0.15, 0.2) is 0 Å². The van der Waals surface area contributed by atoms with Gasteiger partial charge in [0.25, 0.3) is 0 Å². The maximum Gasteiger partial charge on any atom is 0.0451 e. The molecule has 1 atom stereocenters. The van der Waals surface area contributed by atoms with E-state index in [4.69, 9.17) is 0 Å². The summed E-state index contributed by atoms with van der Waals surface area (Å²) in [7, 11) is 4.33. The van der Waals surface area contributed by atoms with E-state index in [2.05, 4.69) is 110 Å². The van der Waals surface area contributed by atoms with E-state index in [-0.39, 0.29) is 0 Å². The first-order chi connectivity index (χ1) is 11.3. The van der Waals surface area contributed by atoms with Gasteiger partial charge in [0, 0.05) is 12.0 Å². The van der Waals surface area contributed by atoms with Gasteiger partial charge in [0.05, 0.1) is 0 Å². The van der Waals surface area contributed by atoms with Crippen molar-refractivity contribution in [3.8, 4) is 0 Å². The van der Waals surface area contributed by atoms with Crippen LogP contribution in [-0.2, 0) is 0 Å². The van der Waals surface area contributed by atoms with Gasteiger partial charge in [-0.05, 0) is 30.8 Å². The lowest BCUT2D eigenvalue weighted by Gasteiger charge is -2.33. The molecule has 23 heavy (non-hydrogen) atoms. The lowest BCUT2D eigenvalue weighted by atomic mass is 9.81. The summed E-state index contributed by atoms with van der Waals surface area (Å²) in [6, 6.07) is 32.7. The summed E-state index contributed by atoms with van der Waals surface area (Å²) in [6.07, 6.45) is 0. The van der Waals surface area contributed by atoms with Gasteiger partial charge in [-0.1, -0.05) is 91.0 Å². The van der Waals surface area contributed by atoms with Crippen LogP contribution < -0.4 is 0 Å². The molecular weight excluding hydrogens is 278 g/mol. The van der Waals surface area contributed by atoms with Crippen molar-refractivity contribution in [1.82, 2.24) is 4.90 Å². The number of hydrogen-bond donors (Lipinski definition) is 0. The predicted molar refractivity (Wildman–Crippen MR) is 97.6 cm³/mol. The van der Waals surface area contributed by atoms with Crippen molar-refractivity contribution in [3.63, 3.8) is 0 Å². The molecule has 0 bridgehead atoms. The molecule has 0 aliphatic heterocycles. The van der Waals surface area contributed by atoms with Gasteiger partial charge in [0.1, 0.15) is 0 Å². The van der Waals surface area contributed by atoms with Gasteiger partial charge < -0.3 is 4.90 Å². The molecule has 3 aromatic rings. The highest BCUT2D eigenvalue weighted by molar-refractivity contribution is 5.37. The van der Waals surface area contributed by atoms with Gasteiger partial charge in [-0.3, -0.25) is 0 Å². The number of benzene rings is 3. The van der Waals surface area contributed by atoms with Crippen molar-refractivity contribution < 1.29 is 0 Å². The van der Waals surface area contributed by atoms with E-state index < -0.39 is 0 Å². The Labute approximate surface area is 139 Å². The Morgan fingerprint density at radius 3 is 1.22 bits per heavy atom. The summed E-state index contributed by atoms with van der Waals surface area (Å²) in [5.41, 5.74) is 4.04. The van der Waals surface area contributed by atoms with Gasteiger partial charge in [-0.2, -0.15) is 0 Å². The molecule has 0 aliphatic carbocycles. The Balaban J connectivity index is 2.13. The molecule has 0 unspecified atom stereocenters. The standard InChI is InChI=1S/C22H23N/c1-23(2)22(20-16-10-5-11-17-20)21(18-12-6-3-7-13-18)19-14-8-4-9-15-19/h3-17,21-22H,1-2H3/t22-/m0/s1. The lowest BCUT2D eigenvalue weighted by Crippen LogP contribution is -2.27. The van der Waals surface area contributed by atoms with E-state index in [1.54, 1.807) is 0 Å². The summed E-state index contributed by atoms with van der Waals surface area (Å²) in [5.74, 6) is 0.301. The SMILES string of the molecule is CN(C)[C@@H](c1ccccc1)C(c1ccccc1)c1ccccc1. The van der Waals surface area contributed by atoms with Crippen LogP contribution >= 0.6 is 0 Å². The van der Waals surface area contributed by atoms with E-state index in [1.807, 2.05) is 0 Å². The molecule has 0 aliphatic rings. The summed E-state index contributed by atoms with van der Waals surface area (Å²) in [6.45, 7) is 0. The van der Waals surface area contributed by atoms with Crippen LogP contribution in [0.5, 0.6) is 0 Å². The van der Waals surface area contributed by atoms with Crippen molar-refractivity contribution in [3.05, 3.63) is 108 Å². The van der Waals surface area contributed by atoms with Crippen LogP contribution in [-0.4, -0.2) is 19.0 Å². The fraction of sp³-hybridized carbons (Fsp3) is 0.182. The van der Waals surface area contributed by atoms with E-state index in [0.29, 0.717) is 12.0 Å². The number of hydrogen-bond acceptors (Lipinski definition) is 1. The maximum atomic E-state index is 2.32. The molecule has 0 aromatic heterocycles. The molecule has 116 valence electrons. The Kier molecular flexibility index (Phi) is 4.89. The van der Waals surface area contributed by atoms with Crippen molar-refractivity contribution >= 4 is 0 Å². The predicted octanol–water partition coefficient (Wildman–Crippen LogP) is 5.12. The topological polar surface area (TPSA) is 3.24 Å². The average molecular weight is 301 g/mol. The van der Waals surface area contributed by atoms with Gasteiger partial charge in [-0.25, -0.2) is 0 Å². The normalized spacial score (nSPS) is 12.5. The summed E-state index contributed by atoms with van der Waals surface area (Å²) in [4.78, 5) is 2.32. The minimum absolute atomic E-state index is 0.293. The maximum absolute atomic E-state index is 2.32. The van der Waals surface area contributed by atoms with Gasteiger partial charge in [0.2, 0.25) is 0 Å². The molecule has 0 fully saturated rings. The molecule has 1 nitrogen and oxygen atoms in total. The van der Waals surface area contributed by atoms with E-state index in [1.165, 1.54) is 16.7 Å². The quantitative estimate of drug-likeness (QED) is 0.632. The second kappa shape index (κ2) is 7.26. The van der Waals surface area contributed by atoms with Gasteiger partial charge in [-0.15, -0.1) is 0 Å². The zero-order valence-corrected chi connectivity index (χ0v) is 13.8. The van der Waals surface area contributed by atoms with E-state index in [0.717, 1.165) is 0 Å². The molecular formula is C22H23N. The van der Waals surface area contributed by atoms with Crippen LogP contribution in [0.1, 0.15) is 28.7 Å². The average Bonchev–Trinajstić information content (AvgIpc) is 2.61. The molecule has 0 heterocycles. The first-order valence-corrected chi connectivity index (χ1v) is 8.08. The molecule has 0 N–H and O–H groups in total. The minimum atomic E-state index is 0.293. The number of likely N-dealkylation sites (N-methyl/N-ethyl adjacent to an activating group) is 1. The summed E-state index contributed by atoms with van der Waals surface area (Å²) in [5, 5.41) is 0. The molecule has 0 amide bonds. The van der Waals surface area contributed by atoms with E-state index >= 15 is 0 Å². The Hall–Kier alpha value is -2.38. The third-order valence-electron chi connectivity index (χ3n) is 4.33. The van der Waals surface area contributed by atoms with Gasteiger partial charge >= 0.3 is 0 Å². The first-order valence-electron chi connectivity index (χ1n) is 8.08. The largest absolute Gasteiger partial charge is 0.301 e. The highest BCUT2D eigenvalue weighted by atomic mass is 15.1. The fourth-order valence-electron chi connectivity index (χ4n) is 3.32. The molecule has 0 saturated carbocycles. The molecule has 0 radical (unpaired) electrons. The monoisotopic (exact) mass is 301 g/mol. The third kappa shape index (κ3) is 3.52. The van der Waals surface area contributed by atoms with Crippen LogP contribution in [0, 0.1) is 0 Å². The van der Waals surface area contributed by atoms with Crippen LogP contribution in [0.3, 0.4) is 0 Å². The highest BCUT2D eigenvalue weighted by Gasteiger charge is 2.27. The smallest absolute Gasteiger partial charge is 0.0451 e. The summed E-state index contributed by atoms with van der Waals surface area (Å²) >= 11 is 0. The van der Waals surface area contributed by atoms with Crippen molar-refractivity contribution in [1.29, 1.82) is 0 Å². The third-order valence-corrected chi connectivity index (χ3v) is 4.33. The Bertz CT molecular complexity index is 665. The van der Waals surface area contributed by atoms with Crippen LogP contribution in [0.25, 0.3) is 0 Å². The highest BCUT2D eigenvalue weighted by Crippen LogP contribution is 2.39. The molecule has 1 heteroatoms. The van der Waals surface area contributed by atoms with Crippen LogP contribution in [0.15, 0.2) is 91.0 Å². The Morgan fingerprint density at radius 1 is 0.522 bits per heavy atom. The Morgan fingerprint density at radius 2 is 0.870 bits per heavy atom. The second-order valence-corrected chi connectivity index (χ2v) is 6.12. The molecule has 0 saturated heterocycles. The van der Waals surface area contributed by atoms with Crippen LogP contribution in [0.2, 0.25) is 0 Å². The van der Waals surface area contributed by atoms with Crippen LogP contribution in [0.4, 0.5) is 0 Å². The number of rotatable bonds is 5. The molecule has 0 spiro atoms. The van der Waals surface area contributed by atoms with Crippen molar-refractivity contribution in [2.24, 2.45) is 0 Å². The number of nitrogens with zero attached hydrogens (tertiary/aromatic N) is 1. The fourth-order valence-corrected chi connectivity index (χ4v) is 3.32. The minimum Gasteiger partial charge on any atom is -0.301 e. The first kappa shape index (κ1) is 15.5. The van der Waals surface area contributed by atoms with Crippen molar-refractivity contribution in [2.45, 2.75) is 12.0 Å². The zero-order valence-electron chi connectivity index (χ0n) is 13.8. The van der Waals surface area contributed by atoms with E-state index in [9.17, 15) is 0 Å². The lowest BCUT2D eigenvalue weighted by molar-refractivity contribution is 0.274. The molecule has 3 aromatic carbocycles. The zero-order chi connectivity index (χ0) is 16.1.